The number of hydrogen-bond donors (Lipinski definition) is 1. The molecule has 0 fully saturated rings. The number of carboxylic acids is 1. The molecule has 0 spiro atoms. The Labute approximate surface area is 75.0 Å². The second-order valence-corrected chi connectivity index (χ2v) is 4.75. The summed E-state index contributed by atoms with van der Waals surface area (Å²) in [5, 5.41) is 7.75. The molecule has 12 heavy (non-hydrogen) atoms. The standard InChI is InChI=1S/C7H15NO3S/c1-6(7(9)10)12(11)5-4-8(2)3/h6H,4-5H2,1-3H3,(H,9,10). The second kappa shape index (κ2) is 5.27. The first-order chi connectivity index (χ1) is 5.45. The van der Waals surface area contributed by atoms with Gasteiger partial charge in [0, 0.05) is 23.1 Å². The number of hydrogen-bond acceptors (Lipinski definition) is 3. The average molecular weight is 193 g/mol. The van der Waals surface area contributed by atoms with Gasteiger partial charge < -0.3 is 10.0 Å². The lowest BCUT2D eigenvalue weighted by molar-refractivity contribution is -0.136. The molecule has 0 aliphatic rings. The van der Waals surface area contributed by atoms with Crippen molar-refractivity contribution in [2.75, 3.05) is 26.4 Å². The summed E-state index contributed by atoms with van der Waals surface area (Å²) >= 11 is 0. The molecule has 4 nitrogen and oxygen atoms in total. The van der Waals surface area contributed by atoms with Crippen LogP contribution in [0, 0.1) is 0 Å². The SMILES string of the molecule is CC(C(=O)O)S(=O)CCN(C)C. The maximum absolute atomic E-state index is 11.2. The zero-order valence-electron chi connectivity index (χ0n) is 7.61. The van der Waals surface area contributed by atoms with Gasteiger partial charge in [-0.3, -0.25) is 9.00 Å². The van der Waals surface area contributed by atoms with Crippen LogP contribution < -0.4 is 0 Å². The van der Waals surface area contributed by atoms with E-state index in [-0.39, 0.29) is 0 Å². The summed E-state index contributed by atoms with van der Waals surface area (Å²) in [4.78, 5) is 12.3. The highest BCUT2D eigenvalue weighted by atomic mass is 32.2. The Bertz CT molecular complexity index is 181. The van der Waals surface area contributed by atoms with Crippen molar-refractivity contribution >= 4 is 16.8 Å². The summed E-state index contributed by atoms with van der Waals surface area (Å²) in [6.07, 6.45) is 0. The lowest BCUT2D eigenvalue weighted by Crippen LogP contribution is -2.28. The first-order valence-corrected chi connectivity index (χ1v) is 5.08. The third-order valence-corrected chi connectivity index (χ3v) is 3.06. The highest BCUT2D eigenvalue weighted by molar-refractivity contribution is 7.86. The summed E-state index contributed by atoms with van der Waals surface area (Å²) < 4.78 is 11.2. The van der Waals surface area contributed by atoms with Crippen LogP contribution in [-0.2, 0) is 15.6 Å². The highest BCUT2D eigenvalue weighted by Gasteiger charge is 2.18. The molecular weight excluding hydrogens is 178 g/mol. The Balaban J connectivity index is 3.80. The van der Waals surface area contributed by atoms with Crippen molar-refractivity contribution in [3.63, 3.8) is 0 Å². The van der Waals surface area contributed by atoms with E-state index in [2.05, 4.69) is 0 Å². The summed E-state index contributed by atoms with van der Waals surface area (Å²) in [7, 11) is 2.47. The molecule has 1 N–H and O–H groups in total. The third kappa shape index (κ3) is 4.46. The quantitative estimate of drug-likeness (QED) is 0.655. The lowest BCUT2D eigenvalue weighted by atomic mass is 10.5. The van der Waals surface area contributed by atoms with Crippen molar-refractivity contribution in [2.24, 2.45) is 0 Å². The van der Waals surface area contributed by atoms with Gasteiger partial charge in [-0.25, -0.2) is 0 Å². The largest absolute Gasteiger partial charge is 0.480 e. The van der Waals surface area contributed by atoms with Crippen LogP contribution in [0.25, 0.3) is 0 Å². The molecule has 2 atom stereocenters. The molecule has 0 aliphatic carbocycles. The smallest absolute Gasteiger partial charge is 0.318 e. The summed E-state index contributed by atoms with van der Waals surface area (Å²) in [6, 6.07) is 0. The molecule has 0 amide bonds. The molecule has 0 saturated carbocycles. The van der Waals surface area contributed by atoms with E-state index in [0.717, 1.165) is 0 Å². The monoisotopic (exact) mass is 193 g/mol. The highest BCUT2D eigenvalue weighted by Crippen LogP contribution is 1.96. The third-order valence-electron chi connectivity index (χ3n) is 1.48. The predicted molar refractivity (Wildman–Crippen MR) is 48.7 cm³/mol. The number of carbonyl (C=O) groups is 1. The Morgan fingerprint density at radius 2 is 2.08 bits per heavy atom. The first kappa shape index (κ1) is 11.6. The van der Waals surface area contributed by atoms with Crippen molar-refractivity contribution < 1.29 is 14.1 Å². The number of rotatable bonds is 5. The van der Waals surface area contributed by atoms with Crippen LogP contribution in [0.4, 0.5) is 0 Å². The summed E-state index contributed by atoms with van der Waals surface area (Å²) in [5.74, 6) is -0.576. The predicted octanol–water partition coefficient (Wildman–Crippen LogP) is -0.230. The van der Waals surface area contributed by atoms with Crippen LogP contribution in [0.1, 0.15) is 6.92 Å². The average Bonchev–Trinajstić information content (AvgIpc) is 1.98. The van der Waals surface area contributed by atoms with Crippen molar-refractivity contribution in [2.45, 2.75) is 12.2 Å². The van der Waals surface area contributed by atoms with Gasteiger partial charge in [0.1, 0.15) is 5.25 Å². The van der Waals surface area contributed by atoms with Gasteiger partial charge in [-0.2, -0.15) is 0 Å². The van der Waals surface area contributed by atoms with Crippen LogP contribution >= 0.6 is 0 Å². The Hall–Kier alpha value is -0.420. The minimum atomic E-state index is -1.26. The fraction of sp³-hybridized carbons (Fsp3) is 0.857. The van der Waals surface area contributed by atoms with Gasteiger partial charge in [-0.05, 0) is 21.0 Å². The van der Waals surface area contributed by atoms with Crippen LogP contribution in [-0.4, -0.2) is 51.8 Å². The topological polar surface area (TPSA) is 57.6 Å². The van der Waals surface area contributed by atoms with E-state index in [1.54, 1.807) is 0 Å². The Kier molecular flexibility index (Phi) is 5.08. The molecule has 0 heterocycles. The second-order valence-electron chi connectivity index (χ2n) is 2.87. The maximum atomic E-state index is 11.2. The normalized spacial score (nSPS) is 16.0. The maximum Gasteiger partial charge on any atom is 0.318 e. The van der Waals surface area contributed by atoms with E-state index < -0.39 is 22.0 Å². The Morgan fingerprint density at radius 3 is 2.42 bits per heavy atom. The molecule has 0 aromatic carbocycles. The van der Waals surface area contributed by atoms with Crippen molar-refractivity contribution in [3.05, 3.63) is 0 Å². The van der Waals surface area contributed by atoms with E-state index in [1.165, 1.54) is 6.92 Å². The number of nitrogens with zero attached hydrogens (tertiary/aromatic N) is 1. The fourth-order valence-electron chi connectivity index (χ4n) is 0.562. The molecule has 0 rings (SSSR count). The molecule has 0 aliphatic heterocycles. The molecule has 2 unspecified atom stereocenters. The van der Waals surface area contributed by atoms with E-state index in [0.29, 0.717) is 12.3 Å². The molecule has 0 aromatic rings. The molecule has 72 valence electrons. The van der Waals surface area contributed by atoms with Gasteiger partial charge in [0.05, 0.1) is 0 Å². The van der Waals surface area contributed by atoms with Gasteiger partial charge in [-0.15, -0.1) is 0 Å². The summed E-state index contributed by atoms with van der Waals surface area (Å²) in [6.45, 7) is 2.12. The minimum absolute atomic E-state index is 0.417. The van der Waals surface area contributed by atoms with Gasteiger partial charge >= 0.3 is 5.97 Å². The van der Waals surface area contributed by atoms with Gasteiger partial charge in [0.2, 0.25) is 0 Å². The zero-order valence-corrected chi connectivity index (χ0v) is 8.43. The van der Waals surface area contributed by atoms with Crippen LogP contribution in [0.5, 0.6) is 0 Å². The van der Waals surface area contributed by atoms with E-state index in [4.69, 9.17) is 5.11 Å². The van der Waals surface area contributed by atoms with Crippen molar-refractivity contribution in [1.82, 2.24) is 4.90 Å². The lowest BCUT2D eigenvalue weighted by Gasteiger charge is -2.10. The molecule has 0 radical (unpaired) electrons. The molecule has 0 aromatic heterocycles. The minimum Gasteiger partial charge on any atom is -0.480 e. The van der Waals surface area contributed by atoms with Crippen LogP contribution in [0.2, 0.25) is 0 Å². The molecule has 0 saturated heterocycles. The molecule has 0 bridgehead atoms. The zero-order chi connectivity index (χ0) is 9.72. The molecular formula is C7H15NO3S. The fourth-order valence-corrected chi connectivity index (χ4v) is 1.69. The van der Waals surface area contributed by atoms with Gasteiger partial charge in [0.25, 0.3) is 0 Å². The van der Waals surface area contributed by atoms with Crippen LogP contribution in [0.3, 0.4) is 0 Å². The van der Waals surface area contributed by atoms with Crippen molar-refractivity contribution in [1.29, 1.82) is 0 Å². The molecule has 5 heteroatoms. The van der Waals surface area contributed by atoms with E-state index in [9.17, 15) is 9.00 Å². The van der Waals surface area contributed by atoms with Gasteiger partial charge in [0.15, 0.2) is 0 Å². The van der Waals surface area contributed by atoms with Crippen molar-refractivity contribution in [3.8, 4) is 0 Å². The first-order valence-electron chi connectivity index (χ1n) is 3.70. The Morgan fingerprint density at radius 1 is 1.58 bits per heavy atom. The van der Waals surface area contributed by atoms with E-state index in [1.807, 2.05) is 19.0 Å². The number of carboxylic acid groups (broad SMARTS) is 1. The van der Waals surface area contributed by atoms with Gasteiger partial charge in [-0.1, -0.05) is 0 Å². The summed E-state index contributed by atoms with van der Waals surface area (Å²) in [5.41, 5.74) is 0. The van der Waals surface area contributed by atoms with Crippen LogP contribution in [0.15, 0.2) is 0 Å². The number of aliphatic carboxylic acids is 1. The van der Waals surface area contributed by atoms with E-state index >= 15 is 0 Å².